The molecule has 7 atom stereocenters. The summed E-state index contributed by atoms with van der Waals surface area (Å²) in [6, 6.07) is 0. The lowest BCUT2D eigenvalue weighted by molar-refractivity contribution is -0.139. The molecule has 4 heteroatoms. The SMILES string of the molecule is C=C1C[C@H](C[C@@H](C)C2CC[C@H]3/C(=C/C=C4C[C@@H](O)C(=C)[C@H](O)C4)CCC[C@]23C)OC1=O. The van der Waals surface area contributed by atoms with Crippen LogP contribution in [0.4, 0.5) is 0 Å². The Balaban J connectivity index is 1.45. The zero-order valence-electron chi connectivity index (χ0n) is 19.1. The minimum atomic E-state index is -0.637. The van der Waals surface area contributed by atoms with E-state index in [2.05, 4.69) is 39.2 Å². The Kier molecular flexibility index (Phi) is 6.33. The summed E-state index contributed by atoms with van der Waals surface area (Å²) in [6.07, 6.45) is 12.0. The van der Waals surface area contributed by atoms with E-state index in [1.807, 2.05) is 0 Å². The Morgan fingerprint density at radius 2 is 1.87 bits per heavy atom. The number of hydrogen-bond donors (Lipinski definition) is 2. The largest absolute Gasteiger partial charge is 0.459 e. The van der Waals surface area contributed by atoms with Crippen molar-refractivity contribution in [2.45, 2.75) is 89.9 Å². The summed E-state index contributed by atoms with van der Waals surface area (Å²) in [4.78, 5) is 11.7. The number of fused-ring (bicyclic) bond motifs is 1. The van der Waals surface area contributed by atoms with Gasteiger partial charge in [0, 0.05) is 12.0 Å². The van der Waals surface area contributed by atoms with E-state index in [1.165, 1.54) is 31.3 Å². The number of hydrogen-bond acceptors (Lipinski definition) is 4. The molecule has 0 aromatic rings. The van der Waals surface area contributed by atoms with E-state index in [9.17, 15) is 15.0 Å². The minimum absolute atomic E-state index is 0.0000980. The van der Waals surface area contributed by atoms with E-state index in [-0.39, 0.29) is 12.1 Å². The van der Waals surface area contributed by atoms with Crippen molar-refractivity contribution < 1.29 is 19.7 Å². The fourth-order valence-electron chi connectivity index (χ4n) is 6.98. The number of allylic oxidation sites excluding steroid dienone is 3. The van der Waals surface area contributed by atoms with Gasteiger partial charge in [0.2, 0.25) is 0 Å². The molecule has 0 spiro atoms. The van der Waals surface area contributed by atoms with E-state index < -0.39 is 12.2 Å². The number of esters is 1. The highest BCUT2D eigenvalue weighted by Gasteiger charge is 2.51. The highest BCUT2D eigenvalue weighted by molar-refractivity contribution is 5.89. The molecule has 4 fully saturated rings. The van der Waals surface area contributed by atoms with Crippen LogP contribution in [0.25, 0.3) is 0 Å². The molecule has 2 N–H and O–H groups in total. The minimum Gasteiger partial charge on any atom is -0.459 e. The molecule has 0 bridgehead atoms. The number of cyclic esters (lactones) is 1. The first-order valence-electron chi connectivity index (χ1n) is 12.0. The van der Waals surface area contributed by atoms with E-state index in [1.54, 1.807) is 0 Å². The second-order valence-electron chi connectivity index (χ2n) is 10.7. The van der Waals surface area contributed by atoms with E-state index >= 15 is 0 Å². The van der Waals surface area contributed by atoms with Crippen LogP contribution in [0.3, 0.4) is 0 Å². The molecule has 1 unspecified atom stereocenters. The monoisotopic (exact) mass is 426 g/mol. The van der Waals surface area contributed by atoms with Gasteiger partial charge in [0.1, 0.15) is 6.10 Å². The third-order valence-electron chi connectivity index (χ3n) is 8.70. The van der Waals surface area contributed by atoms with Gasteiger partial charge in [-0.25, -0.2) is 4.79 Å². The number of ether oxygens (including phenoxy) is 1. The van der Waals surface area contributed by atoms with Crippen LogP contribution in [-0.2, 0) is 9.53 Å². The highest BCUT2D eigenvalue weighted by Crippen LogP contribution is 2.60. The van der Waals surface area contributed by atoms with Gasteiger partial charge in [0.25, 0.3) is 0 Å². The van der Waals surface area contributed by atoms with Crippen LogP contribution in [0.5, 0.6) is 0 Å². The lowest BCUT2D eigenvalue weighted by Gasteiger charge is -2.44. The van der Waals surface area contributed by atoms with Crippen molar-refractivity contribution in [3.05, 3.63) is 47.6 Å². The summed E-state index contributed by atoms with van der Waals surface area (Å²) in [5, 5.41) is 20.3. The van der Waals surface area contributed by atoms with Crippen molar-refractivity contribution >= 4 is 5.97 Å². The highest BCUT2D eigenvalue weighted by atomic mass is 16.5. The zero-order valence-corrected chi connectivity index (χ0v) is 19.1. The van der Waals surface area contributed by atoms with Crippen LogP contribution in [0.2, 0.25) is 0 Å². The number of aliphatic hydroxyl groups excluding tert-OH is 2. The third-order valence-corrected chi connectivity index (χ3v) is 8.70. The van der Waals surface area contributed by atoms with Crippen molar-refractivity contribution in [2.75, 3.05) is 0 Å². The number of rotatable bonds is 4. The van der Waals surface area contributed by atoms with Crippen molar-refractivity contribution in [1.82, 2.24) is 0 Å². The first kappa shape index (κ1) is 22.5. The molecule has 1 saturated heterocycles. The van der Waals surface area contributed by atoms with Gasteiger partial charge in [-0.2, -0.15) is 0 Å². The molecule has 1 aliphatic heterocycles. The number of carbonyl (C=O) groups is 1. The van der Waals surface area contributed by atoms with Gasteiger partial charge in [-0.1, -0.05) is 50.3 Å². The quantitative estimate of drug-likeness (QED) is 0.376. The van der Waals surface area contributed by atoms with Crippen LogP contribution < -0.4 is 0 Å². The summed E-state index contributed by atoms with van der Waals surface area (Å²) in [7, 11) is 0. The molecule has 4 aliphatic rings. The Labute approximate surface area is 186 Å². The molecule has 3 aliphatic carbocycles. The Morgan fingerprint density at radius 1 is 1.16 bits per heavy atom. The smallest absolute Gasteiger partial charge is 0.333 e. The van der Waals surface area contributed by atoms with Gasteiger partial charge >= 0.3 is 5.97 Å². The lowest BCUT2D eigenvalue weighted by Crippen LogP contribution is -2.36. The summed E-state index contributed by atoms with van der Waals surface area (Å²) < 4.78 is 5.52. The van der Waals surface area contributed by atoms with Crippen molar-refractivity contribution in [3.8, 4) is 0 Å². The third kappa shape index (κ3) is 4.34. The molecule has 3 saturated carbocycles. The van der Waals surface area contributed by atoms with Gasteiger partial charge in [0.05, 0.1) is 12.2 Å². The maximum atomic E-state index is 11.7. The van der Waals surface area contributed by atoms with Crippen LogP contribution in [0.15, 0.2) is 47.6 Å². The summed E-state index contributed by atoms with van der Waals surface area (Å²) in [5.41, 5.74) is 4.09. The Bertz CT molecular complexity index is 789. The van der Waals surface area contributed by atoms with Crippen LogP contribution in [0.1, 0.15) is 71.6 Å². The fourth-order valence-corrected chi connectivity index (χ4v) is 6.98. The van der Waals surface area contributed by atoms with Gasteiger partial charge < -0.3 is 14.9 Å². The van der Waals surface area contributed by atoms with E-state index in [4.69, 9.17) is 4.74 Å². The predicted molar refractivity (Wildman–Crippen MR) is 122 cm³/mol. The Morgan fingerprint density at radius 3 is 2.52 bits per heavy atom. The fraction of sp³-hybridized carbons (Fsp3) is 0.667. The van der Waals surface area contributed by atoms with Crippen LogP contribution in [0, 0.1) is 23.2 Å². The summed E-state index contributed by atoms with van der Waals surface area (Å²) >= 11 is 0. The molecule has 0 amide bonds. The predicted octanol–water partition coefficient (Wildman–Crippen LogP) is 5.03. The van der Waals surface area contributed by atoms with E-state index in [0.717, 1.165) is 18.4 Å². The molecular formula is C27H38O4. The summed E-state index contributed by atoms with van der Waals surface area (Å²) in [6.45, 7) is 12.5. The van der Waals surface area contributed by atoms with Crippen LogP contribution >= 0.6 is 0 Å². The topological polar surface area (TPSA) is 66.8 Å². The first-order chi connectivity index (χ1) is 14.7. The van der Waals surface area contributed by atoms with Crippen molar-refractivity contribution in [3.63, 3.8) is 0 Å². The van der Waals surface area contributed by atoms with E-state index in [0.29, 0.717) is 53.6 Å². The molecule has 1 heterocycles. The van der Waals surface area contributed by atoms with Gasteiger partial charge in [-0.3, -0.25) is 0 Å². The standard InChI is InChI=1S/C27H38O4/c1-16(12-21-13-17(2)26(30)31-21)22-9-10-23-20(6-5-11-27(22,23)4)8-7-19-14-24(28)18(3)25(29)15-19/h7-8,16,21-25,28-29H,2-3,5-6,9-15H2,1,4H3/b20-8+/t16-,21+,22?,23+,24-,25-,27-/m1/s1. The second-order valence-corrected chi connectivity index (χ2v) is 10.7. The zero-order chi connectivity index (χ0) is 22.3. The maximum Gasteiger partial charge on any atom is 0.333 e. The average Bonchev–Trinajstić information content (AvgIpc) is 3.22. The first-order valence-corrected chi connectivity index (χ1v) is 12.0. The molecule has 170 valence electrons. The number of carbonyl (C=O) groups excluding carboxylic acids is 1. The number of aliphatic hydroxyl groups is 2. The summed E-state index contributed by atoms with van der Waals surface area (Å²) in [5.74, 6) is 1.54. The molecule has 4 nitrogen and oxygen atoms in total. The van der Waals surface area contributed by atoms with Gasteiger partial charge in [0.15, 0.2) is 0 Å². The Hall–Kier alpha value is -1.65. The average molecular weight is 427 g/mol. The molecule has 0 aromatic heterocycles. The van der Waals surface area contributed by atoms with Crippen molar-refractivity contribution in [2.24, 2.45) is 23.2 Å². The van der Waals surface area contributed by atoms with Crippen LogP contribution in [-0.4, -0.2) is 34.5 Å². The maximum absolute atomic E-state index is 11.7. The van der Waals surface area contributed by atoms with Gasteiger partial charge in [-0.15, -0.1) is 0 Å². The second kappa shape index (κ2) is 8.71. The van der Waals surface area contributed by atoms with Crippen molar-refractivity contribution in [1.29, 1.82) is 0 Å². The molecule has 0 aromatic carbocycles. The molecule has 4 rings (SSSR count). The molecular weight excluding hydrogens is 388 g/mol. The normalized spacial score (nSPS) is 40.8. The molecule has 0 radical (unpaired) electrons. The lowest BCUT2D eigenvalue weighted by atomic mass is 9.60. The molecule has 31 heavy (non-hydrogen) atoms. The van der Waals surface area contributed by atoms with Gasteiger partial charge in [-0.05, 0) is 80.1 Å².